The van der Waals surface area contributed by atoms with Gasteiger partial charge in [-0.1, -0.05) is 15.9 Å². The van der Waals surface area contributed by atoms with Gasteiger partial charge in [0.1, 0.15) is 5.69 Å². The Morgan fingerprint density at radius 1 is 1.60 bits per heavy atom. The van der Waals surface area contributed by atoms with Gasteiger partial charge in [-0.25, -0.2) is 8.78 Å². The highest BCUT2D eigenvalue weighted by Gasteiger charge is 2.18. The van der Waals surface area contributed by atoms with E-state index in [-0.39, 0.29) is 23.6 Å². The largest absolute Gasteiger partial charge is 0.280 e. The molecule has 0 aromatic carbocycles. The Kier molecular flexibility index (Phi) is 4.43. The highest BCUT2D eigenvalue weighted by molar-refractivity contribution is 9.10. The summed E-state index contributed by atoms with van der Waals surface area (Å²) in [4.78, 5) is 3.61. The Balaban J connectivity index is 3.32. The second-order valence-electron chi connectivity index (χ2n) is 2.73. The van der Waals surface area contributed by atoms with Crippen LogP contribution in [-0.2, 0) is 12.3 Å². The third kappa shape index (κ3) is 2.64. The van der Waals surface area contributed by atoms with E-state index in [1.807, 2.05) is 6.07 Å². The zero-order chi connectivity index (χ0) is 11.4. The fraction of sp³-hybridized carbons (Fsp3) is 0.333. The van der Waals surface area contributed by atoms with E-state index in [2.05, 4.69) is 20.9 Å². The van der Waals surface area contributed by atoms with E-state index < -0.39 is 6.43 Å². The van der Waals surface area contributed by atoms with E-state index >= 15 is 0 Å². The van der Waals surface area contributed by atoms with Crippen LogP contribution in [-0.4, -0.2) is 4.98 Å². The van der Waals surface area contributed by atoms with Crippen LogP contribution in [0, 0.1) is 11.3 Å². The quantitative estimate of drug-likeness (QED) is 0.799. The molecule has 0 amide bonds. The Labute approximate surface area is 99.0 Å². The van der Waals surface area contributed by atoms with Gasteiger partial charge < -0.3 is 0 Å². The maximum Gasteiger partial charge on any atom is 0.280 e. The Bertz CT molecular complexity index is 404. The number of nitriles is 1. The molecule has 0 atom stereocenters. The average molecular weight is 296 g/mol. The van der Waals surface area contributed by atoms with E-state index in [1.54, 1.807) is 0 Å². The molecule has 0 saturated carbocycles. The van der Waals surface area contributed by atoms with Crippen LogP contribution in [0.15, 0.2) is 10.7 Å². The summed E-state index contributed by atoms with van der Waals surface area (Å²) in [5.74, 6) is 0.162. The number of hydrogen-bond donors (Lipinski definition) is 0. The maximum absolute atomic E-state index is 12.5. The first-order valence-electron chi connectivity index (χ1n) is 3.99. The van der Waals surface area contributed by atoms with E-state index in [9.17, 15) is 8.78 Å². The molecule has 0 radical (unpaired) electrons. The molecule has 0 saturated heterocycles. The van der Waals surface area contributed by atoms with Crippen molar-refractivity contribution in [2.45, 2.75) is 18.7 Å². The third-order valence-electron chi connectivity index (χ3n) is 1.82. The van der Waals surface area contributed by atoms with Gasteiger partial charge in [0.25, 0.3) is 6.43 Å². The van der Waals surface area contributed by atoms with Crippen LogP contribution < -0.4 is 0 Å². The van der Waals surface area contributed by atoms with Gasteiger partial charge in [0.2, 0.25) is 0 Å². The predicted molar refractivity (Wildman–Crippen MR) is 55.8 cm³/mol. The molecule has 6 heteroatoms. The molecule has 0 bridgehead atoms. The molecule has 1 rings (SSSR count). The Hall–Kier alpha value is -0.730. The van der Waals surface area contributed by atoms with Gasteiger partial charge in [-0.3, -0.25) is 4.98 Å². The molecular weight excluding hydrogens is 289 g/mol. The topological polar surface area (TPSA) is 36.7 Å². The molecule has 0 spiro atoms. The van der Waals surface area contributed by atoms with Crippen molar-refractivity contribution in [2.24, 2.45) is 0 Å². The number of pyridine rings is 1. The van der Waals surface area contributed by atoms with Crippen molar-refractivity contribution in [3.8, 4) is 6.07 Å². The normalized spacial score (nSPS) is 10.4. The highest BCUT2D eigenvalue weighted by atomic mass is 79.9. The minimum Gasteiger partial charge on any atom is -0.255 e. The standard InChI is InChI=1S/C9H6BrClF2N2/c10-7-5(3-11)4-15-8(9(12)13)6(7)1-2-14/h4,9H,1,3H2. The molecule has 0 aliphatic rings. The number of rotatable bonds is 3. The van der Waals surface area contributed by atoms with Crippen LogP contribution in [0.3, 0.4) is 0 Å². The first-order valence-corrected chi connectivity index (χ1v) is 5.31. The summed E-state index contributed by atoms with van der Waals surface area (Å²) in [5, 5.41) is 8.54. The summed E-state index contributed by atoms with van der Waals surface area (Å²) >= 11 is 8.75. The lowest BCUT2D eigenvalue weighted by Crippen LogP contribution is -2.01. The minimum absolute atomic E-state index is 0.113. The second kappa shape index (κ2) is 5.38. The fourth-order valence-electron chi connectivity index (χ4n) is 1.12. The van der Waals surface area contributed by atoms with Crippen molar-refractivity contribution < 1.29 is 8.78 Å². The van der Waals surface area contributed by atoms with E-state index in [0.717, 1.165) is 0 Å². The van der Waals surface area contributed by atoms with Crippen molar-refractivity contribution in [2.75, 3.05) is 0 Å². The number of alkyl halides is 3. The smallest absolute Gasteiger partial charge is 0.255 e. The molecule has 0 N–H and O–H groups in total. The van der Waals surface area contributed by atoms with Crippen LogP contribution in [0.25, 0.3) is 0 Å². The van der Waals surface area contributed by atoms with Crippen molar-refractivity contribution in [3.05, 3.63) is 27.5 Å². The highest BCUT2D eigenvalue weighted by Crippen LogP contribution is 2.30. The van der Waals surface area contributed by atoms with Gasteiger partial charge in [-0.15, -0.1) is 11.6 Å². The van der Waals surface area contributed by atoms with Gasteiger partial charge in [0.15, 0.2) is 0 Å². The number of hydrogen-bond acceptors (Lipinski definition) is 2. The van der Waals surface area contributed by atoms with Gasteiger partial charge in [0.05, 0.1) is 18.4 Å². The first kappa shape index (κ1) is 12.3. The number of halogens is 4. The third-order valence-corrected chi connectivity index (χ3v) is 3.10. The summed E-state index contributed by atoms with van der Waals surface area (Å²) in [6.07, 6.45) is -1.51. The summed E-state index contributed by atoms with van der Waals surface area (Å²) in [6, 6.07) is 1.82. The zero-order valence-electron chi connectivity index (χ0n) is 7.48. The van der Waals surface area contributed by atoms with Gasteiger partial charge in [-0.05, 0) is 5.56 Å². The van der Waals surface area contributed by atoms with Crippen LogP contribution in [0.5, 0.6) is 0 Å². The lowest BCUT2D eigenvalue weighted by Gasteiger charge is -2.09. The summed E-state index contributed by atoms with van der Waals surface area (Å²) in [5.41, 5.74) is 0.453. The SMILES string of the molecule is N#CCc1c(C(F)F)ncc(CCl)c1Br. The van der Waals surface area contributed by atoms with Crippen LogP contribution >= 0.6 is 27.5 Å². The van der Waals surface area contributed by atoms with Crippen LogP contribution in [0.1, 0.15) is 23.2 Å². The molecule has 2 nitrogen and oxygen atoms in total. The Morgan fingerprint density at radius 2 is 2.27 bits per heavy atom. The summed E-state index contributed by atoms with van der Waals surface area (Å²) < 4.78 is 25.5. The summed E-state index contributed by atoms with van der Waals surface area (Å²) in [6.45, 7) is 0. The lowest BCUT2D eigenvalue weighted by atomic mass is 10.1. The molecule has 1 aromatic heterocycles. The minimum atomic E-state index is -2.69. The van der Waals surface area contributed by atoms with Crippen molar-refractivity contribution in [1.29, 1.82) is 5.26 Å². The second-order valence-corrected chi connectivity index (χ2v) is 3.79. The number of nitrogens with zero attached hydrogens (tertiary/aromatic N) is 2. The maximum atomic E-state index is 12.5. The van der Waals surface area contributed by atoms with Gasteiger partial charge >= 0.3 is 0 Å². The molecule has 0 fully saturated rings. The van der Waals surface area contributed by atoms with Gasteiger partial charge in [-0.2, -0.15) is 5.26 Å². The van der Waals surface area contributed by atoms with Crippen molar-refractivity contribution in [3.63, 3.8) is 0 Å². The number of aromatic nitrogens is 1. The molecule has 0 aliphatic carbocycles. The van der Waals surface area contributed by atoms with Crippen LogP contribution in [0.2, 0.25) is 0 Å². The lowest BCUT2D eigenvalue weighted by molar-refractivity contribution is 0.145. The predicted octanol–water partition coefficient (Wildman–Crippen LogP) is 3.59. The van der Waals surface area contributed by atoms with Crippen molar-refractivity contribution >= 4 is 27.5 Å². The Morgan fingerprint density at radius 3 is 2.73 bits per heavy atom. The molecule has 0 unspecified atom stereocenters. The fourth-order valence-corrected chi connectivity index (χ4v) is 2.07. The molecule has 0 aliphatic heterocycles. The van der Waals surface area contributed by atoms with E-state index in [0.29, 0.717) is 10.0 Å². The molecule has 1 aromatic rings. The first-order chi connectivity index (χ1) is 7.11. The zero-order valence-corrected chi connectivity index (χ0v) is 9.82. The monoisotopic (exact) mass is 294 g/mol. The van der Waals surface area contributed by atoms with Crippen LogP contribution in [0.4, 0.5) is 8.78 Å². The van der Waals surface area contributed by atoms with E-state index in [1.165, 1.54) is 6.20 Å². The molecule has 80 valence electrons. The summed E-state index contributed by atoms with van der Waals surface area (Å²) in [7, 11) is 0. The van der Waals surface area contributed by atoms with Crippen molar-refractivity contribution in [1.82, 2.24) is 4.98 Å². The van der Waals surface area contributed by atoms with Gasteiger partial charge in [0, 0.05) is 16.2 Å². The molecule has 1 heterocycles. The molecule has 15 heavy (non-hydrogen) atoms. The molecular formula is C9H6BrClF2N2. The average Bonchev–Trinajstić information content (AvgIpc) is 2.20. The van der Waals surface area contributed by atoms with E-state index in [4.69, 9.17) is 16.9 Å².